The van der Waals surface area contributed by atoms with Crippen molar-refractivity contribution in [1.29, 1.82) is 0 Å². The molecule has 0 saturated heterocycles. The molecule has 176 valence electrons. The molecule has 34 heavy (non-hydrogen) atoms. The lowest BCUT2D eigenvalue weighted by Crippen LogP contribution is -2.16. The van der Waals surface area contributed by atoms with Crippen molar-refractivity contribution < 1.29 is 31.9 Å². The molecule has 0 aliphatic rings. The van der Waals surface area contributed by atoms with E-state index in [1.54, 1.807) is 18.2 Å². The van der Waals surface area contributed by atoms with Crippen LogP contribution in [0.5, 0.6) is 5.75 Å². The van der Waals surface area contributed by atoms with Crippen LogP contribution >= 0.6 is 33.9 Å². The maximum absolute atomic E-state index is 13.1. The second-order valence-corrected chi connectivity index (χ2v) is 9.38. The number of anilines is 1. The van der Waals surface area contributed by atoms with Gasteiger partial charge < -0.3 is 20.2 Å². The van der Waals surface area contributed by atoms with Crippen LogP contribution in [0, 0.1) is 10.5 Å². The number of fused-ring (bicyclic) bond motifs is 1. The fraction of sp³-hybridized carbons (Fsp3) is 0.136. The van der Waals surface area contributed by atoms with E-state index in [9.17, 15) is 22.8 Å². The quantitative estimate of drug-likeness (QED) is 0.274. The Morgan fingerprint density at radius 1 is 1.21 bits per heavy atom. The van der Waals surface area contributed by atoms with Gasteiger partial charge in [-0.3, -0.25) is 9.59 Å². The van der Waals surface area contributed by atoms with Crippen molar-refractivity contribution in [2.75, 3.05) is 5.32 Å². The van der Waals surface area contributed by atoms with E-state index in [4.69, 9.17) is 14.9 Å². The summed E-state index contributed by atoms with van der Waals surface area (Å²) in [6.07, 6.45) is -4.66. The van der Waals surface area contributed by atoms with Crippen LogP contribution in [-0.4, -0.2) is 16.8 Å². The zero-order valence-corrected chi connectivity index (χ0v) is 20.3. The number of rotatable bonds is 6. The van der Waals surface area contributed by atoms with Crippen LogP contribution in [0.4, 0.5) is 18.9 Å². The maximum atomic E-state index is 13.1. The summed E-state index contributed by atoms with van der Waals surface area (Å²) in [6.45, 7) is 1.50. The van der Waals surface area contributed by atoms with Crippen LogP contribution in [0.25, 0.3) is 10.2 Å². The molecule has 7 nitrogen and oxygen atoms in total. The van der Waals surface area contributed by atoms with Gasteiger partial charge in [0.25, 0.3) is 11.8 Å². The van der Waals surface area contributed by atoms with Crippen LogP contribution < -0.4 is 15.8 Å². The number of carbonyl (C=O) groups is 2. The fourth-order valence-electron chi connectivity index (χ4n) is 3.16. The number of alkyl halides is 3. The number of carbonyl (C=O) groups excluding carboxylic acids is 2. The van der Waals surface area contributed by atoms with Crippen LogP contribution in [0.3, 0.4) is 0 Å². The summed E-state index contributed by atoms with van der Waals surface area (Å²) in [5.74, 6) is -0.686. The van der Waals surface area contributed by atoms with Gasteiger partial charge in [0, 0.05) is 8.96 Å². The Labute approximate surface area is 208 Å². The lowest BCUT2D eigenvalue weighted by molar-refractivity contribution is -0.141. The Bertz CT molecular complexity index is 1400. The van der Waals surface area contributed by atoms with E-state index >= 15 is 0 Å². The monoisotopic (exact) mass is 601 g/mol. The second kappa shape index (κ2) is 9.25. The highest BCUT2D eigenvalue weighted by atomic mass is 127. The van der Waals surface area contributed by atoms with Crippen molar-refractivity contribution in [1.82, 2.24) is 4.98 Å². The number of nitrogens with zero attached hydrogens (tertiary/aromatic N) is 1. The highest BCUT2D eigenvalue weighted by Gasteiger charge is 2.34. The zero-order valence-electron chi connectivity index (χ0n) is 17.3. The van der Waals surface area contributed by atoms with Gasteiger partial charge in [-0.1, -0.05) is 0 Å². The number of aryl methyl sites for hydroxylation is 1. The smallest absolute Gasteiger partial charge is 0.433 e. The topological polar surface area (TPSA) is 107 Å². The molecule has 2 amide bonds. The predicted octanol–water partition coefficient (Wildman–Crippen LogP) is 5.75. The minimum atomic E-state index is -4.66. The van der Waals surface area contributed by atoms with Gasteiger partial charge in [0.2, 0.25) is 0 Å². The molecule has 0 aliphatic heterocycles. The molecule has 4 aromatic rings. The number of amides is 2. The Balaban J connectivity index is 1.58. The molecule has 0 atom stereocenters. The minimum absolute atomic E-state index is 0.00990. The predicted molar refractivity (Wildman–Crippen MR) is 128 cm³/mol. The summed E-state index contributed by atoms with van der Waals surface area (Å²) in [6, 6.07) is 11.2. The van der Waals surface area contributed by atoms with Gasteiger partial charge >= 0.3 is 6.18 Å². The summed E-state index contributed by atoms with van der Waals surface area (Å²) < 4.78 is 51.6. The number of aromatic nitrogens is 1. The molecule has 0 spiro atoms. The average Bonchev–Trinajstić information content (AvgIpc) is 3.38. The third kappa shape index (κ3) is 5.01. The van der Waals surface area contributed by atoms with Gasteiger partial charge in [-0.15, -0.1) is 11.3 Å². The van der Waals surface area contributed by atoms with E-state index in [0.29, 0.717) is 22.8 Å². The van der Waals surface area contributed by atoms with Gasteiger partial charge in [-0.2, -0.15) is 13.2 Å². The SMILES string of the molecule is Cc1cc(C(F)(F)F)nc2sc(C(N)=O)c(NC(=O)c3ccc(COc4ccc(I)cc4)o3)c12. The number of nitrogens with two attached hydrogens (primary N) is 1. The number of benzene rings is 1. The molecular formula is C22H15F3IN3O4S. The van der Waals surface area contributed by atoms with Gasteiger partial charge in [0.1, 0.15) is 33.5 Å². The number of ether oxygens (including phenoxy) is 1. The summed E-state index contributed by atoms with van der Waals surface area (Å²) in [7, 11) is 0. The molecule has 3 N–H and O–H groups in total. The number of halogens is 4. The van der Waals surface area contributed by atoms with Crippen molar-refractivity contribution >= 4 is 61.6 Å². The number of thiophene rings is 1. The summed E-state index contributed by atoms with van der Waals surface area (Å²) in [5.41, 5.74) is 4.48. The highest BCUT2D eigenvalue weighted by molar-refractivity contribution is 14.1. The molecule has 0 unspecified atom stereocenters. The summed E-state index contributed by atoms with van der Waals surface area (Å²) in [4.78, 5) is 28.2. The lowest BCUT2D eigenvalue weighted by Gasteiger charge is -2.09. The third-order valence-electron chi connectivity index (χ3n) is 4.69. The Kier molecular flexibility index (Phi) is 6.53. The molecule has 4 rings (SSSR count). The van der Waals surface area contributed by atoms with Crippen LogP contribution in [-0.2, 0) is 12.8 Å². The minimum Gasteiger partial charge on any atom is -0.486 e. The first kappa shape index (κ1) is 24.0. The van der Waals surface area contributed by atoms with Gasteiger partial charge in [0.15, 0.2) is 5.76 Å². The molecule has 0 fully saturated rings. The second-order valence-electron chi connectivity index (χ2n) is 7.14. The molecule has 12 heteroatoms. The van der Waals surface area contributed by atoms with E-state index in [0.717, 1.165) is 9.64 Å². The molecule has 3 aromatic heterocycles. The number of hydrogen-bond donors (Lipinski definition) is 2. The number of nitrogens with one attached hydrogen (secondary N) is 1. The third-order valence-corrected chi connectivity index (χ3v) is 6.51. The Hall–Kier alpha value is -3.13. The Morgan fingerprint density at radius 3 is 2.56 bits per heavy atom. The molecule has 1 aromatic carbocycles. The van der Waals surface area contributed by atoms with E-state index in [1.807, 2.05) is 12.1 Å². The van der Waals surface area contributed by atoms with Crippen molar-refractivity contribution in [3.63, 3.8) is 0 Å². The normalized spacial score (nSPS) is 11.6. The first-order chi connectivity index (χ1) is 16.0. The number of furan rings is 1. The lowest BCUT2D eigenvalue weighted by atomic mass is 10.1. The Morgan fingerprint density at radius 2 is 1.91 bits per heavy atom. The highest BCUT2D eigenvalue weighted by Crippen LogP contribution is 2.40. The maximum Gasteiger partial charge on any atom is 0.433 e. The van der Waals surface area contributed by atoms with Crippen molar-refractivity contribution in [2.24, 2.45) is 5.73 Å². The van der Waals surface area contributed by atoms with Crippen molar-refractivity contribution in [3.05, 3.63) is 73.7 Å². The molecule has 0 radical (unpaired) electrons. The van der Waals surface area contributed by atoms with Crippen LogP contribution in [0.2, 0.25) is 0 Å². The average molecular weight is 601 g/mol. The molecule has 3 heterocycles. The molecular weight excluding hydrogens is 586 g/mol. The largest absolute Gasteiger partial charge is 0.486 e. The first-order valence-electron chi connectivity index (χ1n) is 9.62. The van der Waals surface area contributed by atoms with Crippen molar-refractivity contribution in [2.45, 2.75) is 19.7 Å². The fourth-order valence-corrected chi connectivity index (χ4v) is 4.58. The van der Waals surface area contributed by atoms with Gasteiger partial charge in [-0.05, 0) is 77.5 Å². The molecule has 0 aliphatic carbocycles. The number of pyridine rings is 1. The van der Waals surface area contributed by atoms with E-state index < -0.39 is 23.7 Å². The van der Waals surface area contributed by atoms with Crippen molar-refractivity contribution in [3.8, 4) is 5.75 Å². The number of hydrogen-bond acceptors (Lipinski definition) is 6. The molecule has 0 saturated carbocycles. The zero-order chi connectivity index (χ0) is 24.6. The number of primary amides is 1. The van der Waals surface area contributed by atoms with Crippen LogP contribution in [0.15, 0.2) is 46.9 Å². The standard InChI is InChI=1S/C22H15F3IN3O4S/c1-10-8-15(22(23,24)25)28-21-16(10)17(18(34-21)19(27)30)29-20(31)14-7-6-13(33-14)9-32-12-4-2-11(26)3-5-12/h2-8H,9H2,1H3,(H2,27,30)(H,29,31). The van der Waals surface area contributed by atoms with Crippen LogP contribution in [0.1, 0.15) is 37.2 Å². The summed E-state index contributed by atoms with van der Waals surface area (Å²) >= 11 is 2.85. The van der Waals surface area contributed by atoms with E-state index in [-0.39, 0.29) is 38.7 Å². The van der Waals surface area contributed by atoms with E-state index in [1.165, 1.54) is 13.0 Å². The molecule has 0 bridgehead atoms. The first-order valence-corrected chi connectivity index (χ1v) is 11.5. The van der Waals surface area contributed by atoms with Gasteiger partial charge in [-0.25, -0.2) is 4.98 Å². The summed E-state index contributed by atoms with van der Waals surface area (Å²) in [5, 5.41) is 2.74. The van der Waals surface area contributed by atoms with Gasteiger partial charge in [0.05, 0.1) is 5.69 Å². The van der Waals surface area contributed by atoms with E-state index in [2.05, 4.69) is 32.9 Å².